The summed E-state index contributed by atoms with van der Waals surface area (Å²) in [4.78, 5) is 34.8. The Morgan fingerprint density at radius 1 is 1.39 bits per heavy atom. The number of aromatic nitrogens is 3. The fourth-order valence-electron chi connectivity index (χ4n) is 3.92. The molecule has 0 saturated carbocycles. The summed E-state index contributed by atoms with van der Waals surface area (Å²) in [5.74, 6) is -0.0652. The van der Waals surface area contributed by atoms with Crippen molar-refractivity contribution in [2.24, 2.45) is 0 Å². The lowest BCUT2D eigenvalue weighted by Crippen LogP contribution is -2.41. The first-order chi connectivity index (χ1) is 14.9. The average Bonchev–Trinajstić information content (AvgIpc) is 3.33. The zero-order chi connectivity index (χ0) is 22.1. The molecule has 31 heavy (non-hydrogen) atoms. The Hall–Kier alpha value is -2.78. The molecule has 8 nitrogen and oxygen atoms in total. The molecular weight excluding hydrogens is 414 g/mol. The van der Waals surface area contributed by atoms with Crippen molar-refractivity contribution in [2.45, 2.75) is 40.0 Å². The summed E-state index contributed by atoms with van der Waals surface area (Å²) < 4.78 is 7.92. The van der Waals surface area contributed by atoms with Gasteiger partial charge >= 0.3 is 0 Å². The van der Waals surface area contributed by atoms with Crippen molar-refractivity contribution in [1.29, 1.82) is 0 Å². The Bertz CT molecular complexity index is 1120. The number of ether oxygens (including phenoxy) is 1. The maximum atomic E-state index is 13.5. The summed E-state index contributed by atoms with van der Waals surface area (Å²) in [7, 11) is 1.80. The third-order valence-corrected chi connectivity index (χ3v) is 6.78. The minimum absolute atomic E-state index is 0.0133. The number of amides is 2. The van der Waals surface area contributed by atoms with E-state index in [1.807, 2.05) is 36.9 Å². The summed E-state index contributed by atoms with van der Waals surface area (Å²) in [5, 5.41) is 5.39. The molecular formula is C22H27N5O3S. The molecule has 1 aliphatic heterocycles. The first-order valence-corrected chi connectivity index (χ1v) is 11.2. The Balaban J connectivity index is 1.68. The maximum absolute atomic E-state index is 13.5. The van der Waals surface area contributed by atoms with Gasteiger partial charge in [-0.05, 0) is 19.9 Å². The topological polar surface area (TPSA) is 80.6 Å². The Kier molecular flexibility index (Phi) is 6.06. The van der Waals surface area contributed by atoms with E-state index in [1.165, 1.54) is 11.3 Å². The van der Waals surface area contributed by atoms with Crippen molar-refractivity contribution in [3.63, 3.8) is 0 Å². The fraction of sp³-hybridized carbons (Fsp3) is 0.455. The number of hydrogen-bond acceptors (Lipinski definition) is 6. The average molecular weight is 442 g/mol. The summed E-state index contributed by atoms with van der Waals surface area (Å²) in [6.07, 6.45) is 3.36. The predicted octanol–water partition coefficient (Wildman–Crippen LogP) is 3.01. The number of fused-ring (bicyclic) bond motifs is 1. The van der Waals surface area contributed by atoms with Crippen LogP contribution in [0.3, 0.4) is 0 Å². The van der Waals surface area contributed by atoms with E-state index >= 15 is 0 Å². The van der Waals surface area contributed by atoms with E-state index in [1.54, 1.807) is 30.0 Å². The van der Waals surface area contributed by atoms with Gasteiger partial charge in [0.15, 0.2) is 0 Å². The normalized spacial score (nSPS) is 16.6. The highest BCUT2D eigenvalue weighted by Crippen LogP contribution is 2.38. The Labute approximate surface area is 185 Å². The highest BCUT2D eigenvalue weighted by molar-refractivity contribution is 7.20. The number of hydrogen-bond donors (Lipinski definition) is 0. The summed E-state index contributed by atoms with van der Waals surface area (Å²) in [6.45, 7) is 8.26. The number of nitrogens with zero attached hydrogens (tertiary/aromatic N) is 5. The molecule has 1 atom stereocenters. The molecule has 4 heterocycles. The van der Waals surface area contributed by atoms with Gasteiger partial charge in [0.2, 0.25) is 5.91 Å². The number of morpholine rings is 1. The molecule has 2 amide bonds. The van der Waals surface area contributed by atoms with Crippen LogP contribution in [-0.4, -0.2) is 63.1 Å². The number of carbonyl (C=O) groups excluding carboxylic acids is 2. The smallest absolute Gasteiger partial charge is 0.264 e. The standard InChI is InChI=1S/C22H27N5O3S/c1-5-27-12-16(14(2)24-27)11-25(4)22(29)20-19(17-7-6-8-23-21(17)31-20)18-13-26(15(3)28)9-10-30-18/h6-8,12,18H,5,9-11,13H2,1-4H3/t18-/m0/s1. The fourth-order valence-corrected chi connectivity index (χ4v) is 5.11. The van der Waals surface area contributed by atoms with Crippen molar-refractivity contribution >= 4 is 33.4 Å². The summed E-state index contributed by atoms with van der Waals surface area (Å²) in [6, 6.07) is 3.83. The van der Waals surface area contributed by atoms with Crippen LogP contribution in [0.25, 0.3) is 10.2 Å². The molecule has 0 radical (unpaired) electrons. The molecule has 0 aromatic carbocycles. The van der Waals surface area contributed by atoms with Crippen molar-refractivity contribution in [1.82, 2.24) is 24.6 Å². The largest absolute Gasteiger partial charge is 0.370 e. The van der Waals surface area contributed by atoms with Gasteiger partial charge in [0.25, 0.3) is 5.91 Å². The van der Waals surface area contributed by atoms with E-state index in [2.05, 4.69) is 10.1 Å². The van der Waals surface area contributed by atoms with Crippen LogP contribution in [0.4, 0.5) is 0 Å². The van der Waals surface area contributed by atoms with Crippen LogP contribution in [0.1, 0.15) is 46.4 Å². The second-order valence-corrected chi connectivity index (χ2v) is 8.78. The number of pyridine rings is 1. The lowest BCUT2D eigenvalue weighted by Gasteiger charge is -2.33. The molecule has 0 aliphatic carbocycles. The number of rotatable bonds is 5. The van der Waals surface area contributed by atoms with Crippen LogP contribution < -0.4 is 0 Å². The van der Waals surface area contributed by atoms with Crippen LogP contribution >= 0.6 is 11.3 Å². The van der Waals surface area contributed by atoms with Crippen LogP contribution in [-0.2, 0) is 22.6 Å². The molecule has 164 valence electrons. The molecule has 3 aromatic rings. The first kappa shape index (κ1) is 21.5. The third-order valence-electron chi connectivity index (χ3n) is 5.66. The van der Waals surface area contributed by atoms with E-state index in [0.29, 0.717) is 31.1 Å². The highest BCUT2D eigenvalue weighted by atomic mass is 32.1. The van der Waals surface area contributed by atoms with Gasteiger partial charge in [0, 0.05) is 62.5 Å². The lowest BCUT2D eigenvalue weighted by molar-refractivity contribution is -0.136. The molecule has 0 unspecified atom stereocenters. The minimum atomic E-state index is -0.354. The van der Waals surface area contributed by atoms with Crippen LogP contribution in [0, 0.1) is 6.92 Å². The van der Waals surface area contributed by atoms with Crippen molar-refractivity contribution in [3.05, 3.63) is 46.2 Å². The molecule has 9 heteroatoms. The van der Waals surface area contributed by atoms with Crippen molar-refractivity contribution in [2.75, 3.05) is 26.7 Å². The van der Waals surface area contributed by atoms with Gasteiger partial charge in [0.1, 0.15) is 15.8 Å². The first-order valence-electron chi connectivity index (χ1n) is 10.4. The van der Waals surface area contributed by atoms with Crippen molar-refractivity contribution in [3.8, 4) is 0 Å². The Morgan fingerprint density at radius 3 is 2.90 bits per heavy atom. The van der Waals surface area contributed by atoms with Crippen molar-refractivity contribution < 1.29 is 14.3 Å². The van der Waals surface area contributed by atoms with E-state index in [0.717, 1.165) is 33.6 Å². The van der Waals surface area contributed by atoms with Gasteiger partial charge in [0.05, 0.1) is 18.8 Å². The zero-order valence-corrected chi connectivity index (χ0v) is 19.1. The van der Waals surface area contributed by atoms with Crippen LogP contribution in [0.15, 0.2) is 24.5 Å². The molecule has 1 aliphatic rings. The van der Waals surface area contributed by atoms with E-state index in [9.17, 15) is 9.59 Å². The van der Waals surface area contributed by atoms with Gasteiger partial charge in [-0.25, -0.2) is 4.98 Å². The molecule has 0 N–H and O–H groups in total. The van der Waals surface area contributed by atoms with Crippen LogP contribution in [0.5, 0.6) is 0 Å². The van der Waals surface area contributed by atoms with E-state index in [-0.39, 0.29) is 17.9 Å². The number of thiophene rings is 1. The van der Waals surface area contributed by atoms with Gasteiger partial charge in [-0.1, -0.05) is 6.07 Å². The second kappa shape index (κ2) is 8.76. The molecule has 4 rings (SSSR count). The number of carbonyl (C=O) groups is 2. The summed E-state index contributed by atoms with van der Waals surface area (Å²) >= 11 is 1.38. The zero-order valence-electron chi connectivity index (χ0n) is 18.3. The molecule has 3 aromatic heterocycles. The number of aryl methyl sites for hydroxylation is 2. The maximum Gasteiger partial charge on any atom is 0.264 e. The summed E-state index contributed by atoms with van der Waals surface area (Å²) in [5.41, 5.74) is 2.78. The van der Waals surface area contributed by atoms with Gasteiger partial charge in [-0.3, -0.25) is 14.3 Å². The van der Waals surface area contributed by atoms with Gasteiger partial charge in [-0.2, -0.15) is 5.10 Å². The third kappa shape index (κ3) is 4.20. The second-order valence-electron chi connectivity index (χ2n) is 7.78. The highest BCUT2D eigenvalue weighted by Gasteiger charge is 2.32. The monoisotopic (exact) mass is 441 g/mol. The van der Waals surface area contributed by atoms with Gasteiger partial charge in [-0.15, -0.1) is 11.3 Å². The van der Waals surface area contributed by atoms with E-state index in [4.69, 9.17) is 4.74 Å². The predicted molar refractivity (Wildman–Crippen MR) is 119 cm³/mol. The molecule has 1 fully saturated rings. The van der Waals surface area contributed by atoms with E-state index < -0.39 is 0 Å². The lowest BCUT2D eigenvalue weighted by atomic mass is 10.0. The van der Waals surface area contributed by atoms with Gasteiger partial charge < -0.3 is 14.5 Å². The van der Waals surface area contributed by atoms with Crippen LogP contribution in [0.2, 0.25) is 0 Å². The molecule has 0 spiro atoms. The molecule has 1 saturated heterocycles. The minimum Gasteiger partial charge on any atom is -0.370 e. The molecule has 0 bridgehead atoms. The SMILES string of the molecule is CCn1cc(CN(C)C(=O)c2sc3ncccc3c2[C@@H]2CN(C(C)=O)CCO2)c(C)n1. The quantitative estimate of drug-likeness (QED) is 0.608. The Morgan fingerprint density at radius 2 is 2.19 bits per heavy atom.